The van der Waals surface area contributed by atoms with Crippen LogP contribution in [0.4, 0.5) is 0 Å². The molecule has 1 nitrogen and oxygen atoms in total. The van der Waals surface area contributed by atoms with E-state index in [2.05, 4.69) is 37.8 Å². The van der Waals surface area contributed by atoms with E-state index in [-0.39, 0.29) is 6.10 Å². The molecule has 0 spiro atoms. The molecule has 0 bridgehead atoms. The maximum Gasteiger partial charge on any atom is 0.0643 e. The minimum absolute atomic E-state index is 0.286. The first-order chi connectivity index (χ1) is 9.72. The number of ether oxygens (including phenoxy) is 1. The quantitative estimate of drug-likeness (QED) is 0.612. The molecule has 2 rings (SSSR count). The summed E-state index contributed by atoms with van der Waals surface area (Å²) in [7, 11) is 1.80. The number of methoxy groups -OCH3 is 1. The third-order valence-corrected chi connectivity index (χ3v) is 5.02. The standard InChI is InChI=1S/C18H24OS/c1-4-6-16(19-3)13-15-7-5-8-18(15)20-17-11-9-14(2)10-12-17/h4,9-12,16H,1,5-8,13H2,2-3H3. The highest BCUT2D eigenvalue weighted by atomic mass is 32.2. The Morgan fingerprint density at radius 1 is 1.30 bits per heavy atom. The van der Waals surface area contributed by atoms with Crippen molar-refractivity contribution in [1.82, 2.24) is 0 Å². The number of allylic oxidation sites excluding steroid dienone is 1. The molecule has 0 N–H and O–H groups in total. The summed E-state index contributed by atoms with van der Waals surface area (Å²) < 4.78 is 5.55. The minimum Gasteiger partial charge on any atom is -0.381 e. The van der Waals surface area contributed by atoms with Crippen molar-refractivity contribution in [2.24, 2.45) is 0 Å². The van der Waals surface area contributed by atoms with Crippen LogP contribution in [0.15, 0.2) is 52.3 Å². The number of thioether (sulfide) groups is 1. The summed E-state index contributed by atoms with van der Waals surface area (Å²) in [5, 5.41) is 0. The van der Waals surface area contributed by atoms with Crippen LogP contribution < -0.4 is 0 Å². The van der Waals surface area contributed by atoms with Crippen LogP contribution in [0.1, 0.15) is 37.7 Å². The topological polar surface area (TPSA) is 9.23 Å². The van der Waals surface area contributed by atoms with Gasteiger partial charge in [-0.15, -0.1) is 6.58 Å². The first kappa shape index (κ1) is 15.4. The lowest BCUT2D eigenvalue weighted by Crippen LogP contribution is -2.10. The highest BCUT2D eigenvalue weighted by molar-refractivity contribution is 8.03. The number of hydrogen-bond donors (Lipinski definition) is 0. The summed E-state index contributed by atoms with van der Waals surface area (Å²) in [6.07, 6.45) is 7.96. The van der Waals surface area contributed by atoms with E-state index in [0.29, 0.717) is 0 Å². The Balaban J connectivity index is 2.05. The highest BCUT2D eigenvalue weighted by Gasteiger charge is 2.19. The summed E-state index contributed by atoms with van der Waals surface area (Å²) in [4.78, 5) is 2.91. The number of benzene rings is 1. The van der Waals surface area contributed by atoms with Crippen molar-refractivity contribution in [2.45, 2.75) is 50.0 Å². The Labute approximate surface area is 127 Å². The van der Waals surface area contributed by atoms with Crippen molar-refractivity contribution in [3.05, 3.63) is 53.0 Å². The van der Waals surface area contributed by atoms with Gasteiger partial charge in [-0.2, -0.15) is 0 Å². The van der Waals surface area contributed by atoms with Crippen molar-refractivity contribution in [1.29, 1.82) is 0 Å². The molecular weight excluding hydrogens is 264 g/mol. The third kappa shape index (κ3) is 4.26. The summed E-state index contributed by atoms with van der Waals surface area (Å²) in [5.41, 5.74) is 2.91. The molecule has 1 atom stereocenters. The zero-order chi connectivity index (χ0) is 14.4. The minimum atomic E-state index is 0.286. The molecule has 0 aliphatic heterocycles. The second kappa shape index (κ2) is 7.70. The maximum atomic E-state index is 5.55. The van der Waals surface area contributed by atoms with Crippen molar-refractivity contribution in [3.8, 4) is 0 Å². The molecule has 1 aromatic carbocycles. The van der Waals surface area contributed by atoms with E-state index in [0.717, 1.165) is 12.8 Å². The molecule has 20 heavy (non-hydrogen) atoms. The highest BCUT2D eigenvalue weighted by Crippen LogP contribution is 2.40. The number of hydrogen-bond acceptors (Lipinski definition) is 2. The van der Waals surface area contributed by atoms with Gasteiger partial charge in [0.2, 0.25) is 0 Å². The molecular formula is C18H24OS. The fourth-order valence-electron chi connectivity index (χ4n) is 2.59. The summed E-state index contributed by atoms with van der Waals surface area (Å²) in [6, 6.07) is 8.82. The summed E-state index contributed by atoms with van der Waals surface area (Å²) in [6.45, 7) is 5.95. The van der Waals surface area contributed by atoms with Gasteiger partial charge in [-0.1, -0.05) is 41.1 Å². The van der Waals surface area contributed by atoms with Gasteiger partial charge in [-0.25, -0.2) is 0 Å². The average Bonchev–Trinajstić information content (AvgIpc) is 2.88. The van der Waals surface area contributed by atoms with Crippen LogP contribution in [0.2, 0.25) is 0 Å². The Kier molecular flexibility index (Phi) is 5.93. The van der Waals surface area contributed by atoms with Crippen LogP contribution in [0.5, 0.6) is 0 Å². The molecule has 0 amide bonds. The van der Waals surface area contributed by atoms with Gasteiger partial charge < -0.3 is 4.74 Å². The molecule has 1 aliphatic carbocycles. The second-order valence-electron chi connectivity index (χ2n) is 5.38. The van der Waals surface area contributed by atoms with Gasteiger partial charge in [0.25, 0.3) is 0 Å². The molecule has 0 saturated carbocycles. The van der Waals surface area contributed by atoms with E-state index in [9.17, 15) is 0 Å². The molecule has 1 aliphatic rings. The van der Waals surface area contributed by atoms with Gasteiger partial charge in [0, 0.05) is 12.0 Å². The van der Waals surface area contributed by atoms with Crippen LogP contribution in [0.3, 0.4) is 0 Å². The fraction of sp³-hybridized carbons (Fsp3) is 0.444. The molecule has 0 aromatic heterocycles. The second-order valence-corrected chi connectivity index (χ2v) is 6.55. The summed E-state index contributed by atoms with van der Waals surface area (Å²) >= 11 is 1.94. The predicted octanol–water partition coefficient (Wildman–Crippen LogP) is 5.51. The van der Waals surface area contributed by atoms with Gasteiger partial charge in [0.1, 0.15) is 0 Å². The van der Waals surface area contributed by atoms with Gasteiger partial charge >= 0.3 is 0 Å². The lowest BCUT2D eigenvalue weighted by atomic mass is 10.1. The molecule has 0 fully saturated rings. The number of aryl methyl sites for hydroxylation is 1. The fourth-order valence-corrected chi connectivity index (χ4v) is 3.72. The van der Waals surface area contributed by atoms with E-state index in [1.165, 1.54) is 29.7 Å². The Hall–Kier alpha value is -0.990. The molecule has 0 heterocycles. The Bertz CT molecular complexity index is 473. The molecule has 0 radical (unpaired) electrons. The van der Waals surface area contributed by atoms with Crippen molar-refractivity contribution >= 4 is 11.8 Å². The predicted molar refractivity (Wildman–Crippen MR) is 88.1 cm³/mol. The van der Waals surface area contributed by atoms with Crippen LogP contribution in [0, 0.1) is 6.92 Å². The Morgan fingerprint density at radius 3 is 2.70 bits per heavy atom. The smallest absolute Gasteiger partial charge is 0.0643 e. The summed E-state index contributed by atoms with van der Waals surface area (Å²) in [5.74, 6) is 0. The van der Waals surface area contributed by atoms with Crippen LogP contribution in [-0.2, 0) is 4.74 Å². The van der Waals surface area contributed by atoms with Gasteiger partial charge in [-0.05, 0) is 56.1 Å². The molecule has 1 unspecified atom stereocenters. The van der Waals surface area contributed by atoms with E-state index in [1.807, 2.05) is 17.8 Å². The van der Waals surface area contributed by atoms with Crippen molar-refractivity contribution < 1.29 is 4.74 Å². The van der Waals surface area contributed by atoms with Gasteiger partial charge in [0.15, 0.2) is 0 Å². The van der Waals surface area contributed by atoms with Crippen molar-refractivity contribution in [3.63, 3.8) is 0 Å². The third-order valence-electron chi connectivity index (χ3n) is 3.78. The molecule has 0 saturated heterocycles. The van der Waals surface area contributed by atoms with Crippen LogP contribution in [-0.4, -0.2) is 13.2 Å². The van der Waals surface area contributed by atoms with Crippen molar-refractivity contribution in [2.75, 3.05) is 7.11 Å². The van der Waals surface area contributed by atoms with E-state index >= 15 is 0 Å². The van der Waals surface area contributed by atoms with Crippen LogP contribution >= 0.6 is 11.8 Å². The largest absolute Gasteiger partial charge is 0.381 e. The van der Waals surface area contributed by atoms with Crippen LogP contribution in [0.25, 0.3) is 0 Å². The lowest BCUT2D eigenvalue weighted by Gasteiger charge is -2.15. The molecule has 2 heteroatoms. The van der Waals surface area contributed by atoms with Gasteiger partial charge in [0.05, 0.1) is 6.10 Å². The zero-order valence-corrected chi connectivity index (χ0v) is 13.3. The zero-order valence-electron chi connectivity index (χ0n) is 12.5. The lowest BCUT2D eigenvalue weighted by molar-refractivity contribution is 0.105. The SMILES string of the molecule is C=CCC(CC1=C(Sc2ccc(C)cc2)CCC1)OC. The maximum absolute atomic E-state index is 5.55. The average molecular weight is 288 g/mol. The number of rotatable bonds is 7. The van der Waals surface area contributed by atoms with E-state index < -0.39 is 0 Å². The Morgan fingerprint density at radius 2 is 2.05 bits per heavy atom. The first-order valence-corrected chi connectivity index (χ1v) is 8.13. The monoisotopic (exact) mass is 288 g/mol. The first-order valence-electron chi connectivity index (χ1n) is 7.32. The van der Waals surface area contributed by atoms with Gasteiger partial charge in [-0.3, -0.25) is 0 Å². The van der Waals surface area contributed by atoms with E-state index in [4.69, 9.17) is 4.74 Å². The normalized spacial score (nSPS) is 16.5. The van der Waals surface area contributed by atoms with E-state index in [1.54, 1.807) is 17.6 Å². The molecule has 108 valence electrons. The molecule has 1 aromatic rings.